The van der Waals surface area contributed by atoms with Crippen molar-refractivity contribution in [1.29, 1.82) is 5.41 Å². The minimum atomic E-state index is -0.959. The van der Waals surface area contributed by atoms with Crippen LogP contribution in [0.3, 0.4) is 0 Å². The van der Waals surface area contributed by atoms with Crippen LogP contribution in [0.5, 0.6) is 0 Å². The van der Waals surface area contributed by atoms with Gasteiger partial charge in [-0.05, 0) is 38.0 Å². The van der Waals surface area contributed by atoms with Crippen molar-refractivity contribution in [2.45, 2.75) is 76.4 Å². The lowest BCUT2D eigenvalue weighted by molar-refractivity contribution is -0.139. The van der Waals surface area contributed by atoms with Crippen molar-refractivity contribution in [3.8, 4) is 0 Å². The monoisotopic (exact) mass is 462 g/mol. The van der Waals surface area contributed by atoms with Crippen LogP contribution in [-0.4, -0.2) is 76.3 Å². The molecule has 0 aromatic heterocycles. The van der Waals surface area contributed by atoms with Crippen molar-refractivity contribution in [3.63, 3.8) is 0 Å². The standard InChI is InChI=1S/C23H38N6O4/c1-14(24)22(32)27-23(33)19-9-17(15-5-3-2-4-6-15)11-29(19)12-18-8-7-16(21(25)26)10-28(18)13-20(30)31/h10,14-15,17-19H,2-9,11-13,24H2,1H3,(H3,25,26)(H,30,31)(H,27,32,33)/t14-,17?,18?,19-/m0/s1. The zero-order valence-corrected chi connectivity index (χ0v) is 19.5. The van der Waals surface area contributed by atoms with Crippen molar-refractivity contribution in [1.82, 2.24) is 15.1 Å². The molecule has 2 fully saturated rings. The molecule has 0 aromatic rings. The lowest BCUT2D eigenvalue weighted by Gasteiger charge is -2.38. The number of likely N-dealkylation sites (tertiary alicyclic amines) is 1. The van der Waals surface area contributed by atoms with Crippen LogP contribution in [0.2, 0.25) is 0 Å². The first-order chi connectivity index (χ1) is 15.7. The van der Waals surface area contributed by atoms with Crippen molar-refractivity contribution < 1.29 is 19.5 Å². The molecule has 2 aliphatic heterocycles. The molecule has 2 heterocycles. The number of amides is 2. The minimum absolute atomic E-state index is 0.0472. The number of carboxylic acids is 1. The number of nitrogens with zero attached hydrogens (tertiary/aromatic N) is 2. The predicted molar refractivity (Wildman–Crippen MR) is 124 cm³/mol. The number of carbonyl (C=O) groups excluding carboxylic acids is 2. The molecule has 33 heavy (non-hydrogen) atoms. The maximum atomic E-state index is 13.0. The van der Waals surface area contributed by atoms with E-state index in [1.807, 2.05) is 0 Å². The zero-order chi connectivity index (χ0) is 24.1. The summed E-state index contributed by atoms with van der Waals surface area (Å²) in [6, 6.07) is -1.32. The Morgan fingerprint density at radius 3 is 2.52 bits per heavy atom. The molecule has 2 unspecified atom stereocenters. The number of carbonyl (C=O) groups is 3. The maximum absolute atomic E-state index is 13.0. The highest BCUT2D eigenvalue weighted by molar-refractivity contribution is 5.99. The van der Waals surface area contributed by atoms with Gasteiger partial charge in [-0.3, -0.25) is 30.0 Å². The van der Waals surface area contributed by atoms with Gasteiger partial charge in [0, 0.05) is 30.9 Å². The van der Waals surface area contributed by atoms with Gasteiger partial charge in [-0.1, -0.05) is 32.1 Å². The molecule has 0 bridgehead atoms. The Hall–Kier alpha value is -2.46. The van der Waals surface area contributed by atoms with Gasteiger partial charge in [0.1, 0.15) is 12.4 Å². The number of imide groups is 1. The summed E-state index contributed by atoms with van der Waals surface area (Å²) in [6.07, 6.45) is 9.65. The van der Waals surface area contributed by atoms with E-state index in [0.29, 0.717) is 43.2 Å². The minimum Gasteiger partial charge on any atom is -0.480 e. The van der Waals surface area contributed by atoms with Gasteiger partial charge < -0.3 is 21.5 Å². The lowest BCUT2D eigenvalue weighted by atomic mass is 9.79. The molecule has 1 aliphatic carbocycles. The van der Waals surface area contributed by atoms with Gasteiger partial charge in [0.2, 0.25) is 11.8 Å². The first kappa shape index (κ1) is 25.2. The first-order valence-corrected chi connectivity index (χ1v) is 12.0. The molecule has 7 N–H and O–H groups in total. The molecular weight excluding hydrogens is 424 g/mol. The third-order valence-electron chi connectivity index (χ3n) is 7.36. The molecule has 0 spiro atoms. The van der Waals surface area contributed by atoms with Gasteiger partial charge in [0.25, 0.3) is 0 Å². The smallest absolute Gasteiger partial charge is 0.323 e. The summed E-state index contributed by atoms with van der Waals surface area (Å²) in [5.41, 5.74) is 11.9. The van der Waals surface area contributed by atoms with Gasteiger partial charge in [-0.2, -0.15) is 0 Å². The van der Waals surface area contributed by atoms with E-state index in [1.54, 1.807) is 18.0 Å². The van der Waals surface area contributed by atoms with Crippen LogP contribution in [0.15, 0.2) is 11.8 Å². The van der Waals surface area contributed by atoms with Crippen LogP contribution in [-0.2, 0) is 14.4 Å². The summed E-state index contributed by atoms with van der Waals surface area (Å²) in [5.74, 6) is -0.856. The van der Waals surface area contributed by atoms with Crippen LogP contribution in [0.4, 0.5) is 0 Å². The van der Waals surface area contributed by atoms with Crippen LogP contribution >= 0.6 is 0 Å². The SMILES string of the molecule is C[C@H](N)C(=O)NC(=O)[C@@H]1CC(C2CCCCC2)CN1CC1CCC(C(=N)N)=CN1CC(=O)O. The maximum Gasteiger partial charge on any atom is 0.323 e. The molecule has 1 saturated carbocycles. The number of amidine groups is 1. The Kier molecular flexibility index (Phi) is 8.47. The number of nitrogens with two attached hydrogens (primary N) is 2. The average Bonchev–Trinajstić information content (AvgIpc) is 3.19. The van der Waals surface area contributed by atoms with E-state index < -0.39 is 24.0 Å². The highest BCUT2D eigenvalue weighted by atomic mass is 16.4. The van der Waals surface area contributed by atoms with Crippen LogP contribution in [0, 0.1) is 17.2 Å². The second kappa shape index (κ2) is 11.1. The van der Waals surface area contributed by atoms with E-state index >= 15 is 0 Å². The molecule has 0 aromatic carbocycles. The normalized spacial score (nSPS) is 27.6. The van der Waals surface area contributed by atoms with E-state index in [0.717, 1.165) is 6.54 Å². The Morgan fingerprint density at radius 2 is 1.91 bits per heavy atom. The van der Waals surface area contributed by atoms with Crippen molar-refractivity contribution >= 4 is 23.6 Å². The number of rotatable bonds is 8. The van der Waals surface area contributed by atoms with Crippen LogP contribution < -0.4 is 16.8 Å². The highest BCUT2D eigenvalue weighted by Crippen LogP contribution is 2.38. The molecule has 184 valence electrons. The summed E-state index contributed by atoms with van der Waals surface area (Å²) in [5, 5.41) is 19.6. The number of nitrogens with one attached hydrogen (secondary N) is 2. The molecule has 2 amide bonds. The largest absolute Gasteiger partial charge is 0.480 e. The van der Waals surface area contributed by atoms with Crippen LogP contribution in [0.1, 0.15) is 58.3 Å². The lowest BCUT2D eigenvalue weighted by Crippen LogP contribution is -2.52. The van der Waals surface area contributed by atoms with E-state index in [2.05, 4.69) is 10.2 Å². The second-order valence-electron chi connectivity index (χ2n) is 9.83. The van der Waals surface area contributed by atoms with E-state index in [1.165, 1.54) is 32.1 Å². The zero-order valence-electron chi connectivity index (χ0n) is 19.5. The van der Waals surface area contributed by atoms with Crippen molar-refractivity contribution in [3.05, 3.63) is 11.8 Å². The predicted octanol–water partition coefficient (Wildman–Crippen LogP) is 0.616. The van der Waals surface area contributed by atoms with E-state index in [9.17, 15) is 19.5 Å². The summed E-state index contributed by atoms with van der Waals surface area (Å²) in [7, 11) is 0. The molecular formula is C23H38N6O4. The first-order valence-electron chi connectivity index (χ1n) is 12.0. The molecule has 4 atom stereocenters. The number of aliphatic carboxylic acids is 1. The summed E-state index contributed by atoms with van der Waals surface area (Å²) >= 11 is 0. The van der Waals surface area contributed by atoms with Crippen molar-refractivity contribution in [2.75, 3.05) is 19.6 Å². The van der Waals surface area contributed by atoms with Crippen molar-refractivity contribution in [2.24, 2.45) is 23.3 Å². The second-order valence-corrected chi connectivity index (χ2v) is 9.83. The fourth-order valence-electron chi connectivity index (χ4n) is 5.54. The third-order valence-corrected chi connectivity index (χ3v) is 7.36. The van der Waals surface area contributed by atoms with Gasteiger partial charge >= 0.3 is 5.97 Å². The Balaban J connectivity index is 1.77. The molecule has 0 radical (unpaired) electrons. The molecule has 3 aliphatic rings. The fraction of sp³-hybridized carbons (Fsp3) is 0.739. The number of hydrogen-bond donors (Lipinski definition) is 5. The summed E-state index contributed by atoms with van der Waals surface area (Å²) < 4.78 is 0. The average molecular weight is 463 g/mol. The summed E-state index contributed by atoms with van der Waals surface area (Å²) in [4.78, 5) is 40.4. The van der Waals surface area contributed by atoms with Gasteiger partial charge in [0.05, 0.1) is 12.1 Å². The Morgan fingerprint density at radius 1 is 1.21 bits per heavy atom. The summed E-state index contributed by atoms with van der Waals surface area (Å²) in [6.45, 7) is 2.63. The molecule has 10 nitrogen and oxygen atoms in total. The van der Waals surface area contributed by atoms with Gasteiger partial charge in [-0.25, -0.2) is 0 Å². The van der Waals surface area contributed by atoms with E-state index in [4.69, 9.17) is 16.9 Å². The molecule has 1 saturated heterocycles. The Labute approximate surface area is 195 Å². The fourth-order valence-corrected chi connectivity index (χ4v) is 5.54. The molecule has 10 heteroatoms. The molecule has 3 rings (SSSR count). The number of carboxylic acid groups (broad SMARTS) is 1. The Bertz CT molecular complexity index is 792. The van der Waals surface area contributed by atoms with Crippen LogP contribution in [0.25, 0.3) is 0 Å². The van der Waals surface area contributed by atoms with Gasteiger partial charge in [0.15, 0.2) is 0 Å². The topological polar surface area (TPSA) is 166 Å². The quantitative estimate of drug-likeness (QED) is 0.258. The highest BCUT2D eigenvalue weighted by Gasteiger charge is 2.42. The third kappa shape index (κ3) is 6.54. The number of hydrogen-bond acceptors (Lipinski definition) is 7. The van der Waals surface area contributed by atoms with Gasteiger partial charge in [-0.15, -0.1) is 0 Å². The van der Waals surface area contributed by atoms with E-state index in [-0.39, 0.29) is 24.3 Å².